The predicted octanol–water partition coefficient (Wildman–Crippen LogP) is 14.6. The van der Waals surface area contributed by atoms with Crippen LogP contribution in [0.5, 0.6) is 0 Å². The van der Waals surface area contributed by atoms with Crippen LogP contribution >= 0.6 is 0 Å². The molecule has 0 N–H and O–H groups in total. The quantitative estimate of drug-likeness (QED) is 0.155. The van der Waals surface area contributed by atoms with E-state index in [2.05, 4.69) is 229 Å². The summed E-state index contributed by atoms with van der Waals surface area (Å²) in [6.07, 6.45) is 0. The number of fused-ring (bicyclic) bond motifs is 1. The molecule has 0 bridgehead atoms. The van der Waals surface area contributed by atoms with Crippen molar-refractivity contribution in [2.45, 2.75) is 0 Å². The van der Waals surface area contributed by atoms with E-state index < -0.39 is 0 Å². The first-order valence-corrected chi connectivity index (χ1v) is 18.2. The Hall–Kier alpha value is -6.96. The van der Waals surface area contributed by atoms with Crippen molar-refractivity contribution in [3.8, 4) is 55.6 Å². The molecule has 0 amide bonds. The van der Waals surface area contributed by atoms with Crippen molar-refractivity contribution in [3.05, 3.63) is 224 Å². The molecule has 0 saturated heterocycles. The highest BCUT2D eigenvalue weighted by molar-refractivity contribution is 6.11. The molecule has 0 saturated carbocycles. The van der Waals surface area contributed by atoms with Gasteiger partial charge in [0.2, 0.25) is 0 Å². The molecule has 0 unspecified atom stereocenters. The molecule has 0 fully saturated rings. The highest BCUT2D eigenvalue weighted by Gasteiger charge is 2.24. The molecule has 0 heterocycles. The van der Waals surface area contributed by atoms with Gasteiger partial charge in [-0.15, -0.1) is 0 Å². The van der Waals surface area contributed by atoms with Crippen LogP contribution in [0, 0.1) is 0 Å². The molecule has 0 spiro atoms. The van der Waals surface area contributed by atoms with Crippen molar-refractivity contribution >= 4 is 27.8 Å². The molecule has 250 valence electrons. The normalized spacial score (nSPS) is 11.0. The zero-order chi connectivity index (χ0) is 35.4. The Balaban J connectivity index is 1.25. The molecule has 53 heavy (non-hydrogen) atoms. The Bertz CT molecular complexity index is 2590. The van der Waals surface area contributed by atoms with Gasteiger partial charge in [-0.25, -0.2) is 0 Å². The van der Waals surface area contributed by atoms with Gasteiger partial charge in [0.05, 0.1) is 5.69 Å². The van der Waals surface area contributed by atoms with E-state index in [1.165, 1.54) is 66.4 Å². The summed E-state index contributed by atoms with van der Waals surface area (Å²) in [5.41, 5.74) is 15.3. The lowest BCUT2D eigenvalue weighted by Gasteiger charge is -2.31. The van der Waals surface area contributed by atoms with Crippen molar-refractivity contribution in [1.82, 2.24) is 0 Å². The lowest BCUT2D eigenvalue weighted by atomic mass is 9.88. The lowest BCUT2D eigenvalue weighted by Crippen LogP contribution is -2.12. The molecule has 1 nitrogen and oxygen atoms in total. The van der Waals surface area contributed by atoms with E-state index in [9.17, 15) is 0 Å². The van der Waals surface area contributed by atoms with Crippen LogP contribution in [0.1, 0.15) is 0 Å². The largest absolute Gasteiger partial charge is 0.309 e. The first-order valence-electron chi connectivity index (χ1n) is 18.2. The number of anilines is 3. The minimum atomic E-state index is 1.09. The van der Waals surface area contributed by atoms with Crippen LogP contribution < -0.4 is 4.90 Å². The van der Waals surface area contributed by atoms with Gasteiger partial charge in [-0.3, -0.25) is 0 Å². The van der Waals surface area contributed by atoms with E-state index >= 15 is 0 Å². The number of hydrogen-bond donors (Lipinski definition) is 0. The van der Waals surface area contributed by atoms with Gasteiger partial charge in [0.15, 0.2) is 0 Å². The van der Waals surface area contributed by atoms with E-state index in [-0.39, 0.29) is 0 Å². The summed E-state index contributed by atoms with van der Waals surface area (Å²) in [5, 5.41) is 2.39. The van der Waals surface area contributed by atoms with Gasteiger partial charge in [-0.2, -0.15) is 0 Å². The van der Waals surface area contributed by atoms with Crippen molar-refractivity contribution in [2.75, 3.05) is 4.90 Å². The maximum absolute atomic E-state index is 2.45. The fourth-order valence-electron chi connectivity index (χ4n) is 7.43. The first kappa shape index (κ1) is 32.0. The van der Waals surface area contributed by atoms with Crippen LogP contribution in [0.4, 0.5) is 17.1 Å². The molecular weight excluding hydrogens is 639 g/mol. The van der Waals surface area contributed by atoms with Crippen LogP contribution in [-0.2, 0) is 0 Å². The van der Waals surface area contributed by atoms with E-state index in [1.807, 2.05) is 0 Å². The Morgan fingerprint density at radius 2 is 0.604 bits per heavy atom. The van der Waals surface area contributed by atoms with E-state index in [0.717, 1.165) is 17.1 Å². The van der Waals surface area contributed by atoms with Crippen molar-refractivity contribution in [3.63, 3.8) is 0 Å². The second-order valence-corrected chi connectivity index (χ2v) is 13.3. The average Bonchev–Trinajstić information content (AvgIpc) is 3.25. The molecule has 0 aliphatic carbocycles. The van der Waals surface area contributed by atoms with Gasteiger partial charge in [0.1, 0.15) is 0 Å². The molecule has 0 aromatic heterocycles. The van der Waals surface area contributed by atoms with Crippen molar-refractivity contribution < 1.29 is 0 Å². The molecule has 9 aromatic carbocycles. The maximum atomic E-state index is 2.45. The maximum Gasteiger partial charge on any atom is 0.0624 e. The Kier molecular flexibility index (Phi) is 8.66. The fourth-order valence-corrected chi connectivity index (χ4v) is 7.43. The summed E-state index contributed by atoms with van der Waals surface area (Å²) in [6, 6.07) is 80.9. The third-order valence-corrected chi connectivity index (χ3v) is 10.1. The Morgan fingerprint density at radius 3 is 1.06 bits per heavy atom. The highest BCUT2D eigenvalue weighted by Crippen LogP contribution is 2.49. The SMILES string of the molecule is c1ccc(-c2ccc(-c3ccc(N(c4ccc(-c5ccccc5)cc4)c4c(-c5ccccc5)c(-c5ccccc5)cc5ccccc45)cc3)cc2)cc1. The molecule has 9 aromatic rings. The molecule has 9 rings (SSSR count). The van der Waals surface area contributed by atoms with Crippen LogP contribution in [0.25, 0.3) is 66.4 Å². The van der Waals surface area contributed by atoms with Gasteiger partial charge in [-0.05, 0) is 85.8 Å². The Labute approximate surface area is 311 Å². The molecule has 0 atom stereocenters. The third-order valence-electron chi connectivity index (χ3n) is 10.1. The molecule has 1 heteroatoms. The summed E-state index contributed by atoms with van der Waals surface area (Å²) in [5.74, 6) is 0. The summed E-state index contributed by atoms with van der Waals surface area (Å²) in [7, 11) is 0. The smallest absolute Gasteiger partial charge is 0.0624 e. The van der Waals surface area contributed by atoms with Crippen LogP contribution in [0.15, 0.2) is 224 Å². The van der Waals surface area contributed by atoms with Gasteiger partial charge in [0.25, 0.3) is 0 Å². The number of benzene rings is 9. The summed E-state index contributed by atoms with van der Waals surface area (Å²) in [6.45, 7) is 0. The average molecular weight is 676 g/mol. The number of rotatable bonds is 8. The van der Waals surface area contributed by atoms with Gasteiger partial charge in [0, 0.05) is 22.3 Å². The van der Waals surface area contributed by atoms with Crippen molar-refractivity contribution in [2.24, 2.45) is 0 Å². The minimum absolute atomic E-state index is 1.09. The lowest BCUT2D eigenvalue weighted by molar-refractivity contribution is 1.30. The first-order chi connectivity index (χ1) is 26.3. The topological polar surface area (TPSA) is 3.24 Å². The summed E-state index contributed by atoms with van der Waals surface area (Å²) < 4.78 is 0. The van der Waals surface area contributed by atoms with Gasteiger partial charge < -0.3 is 4.90 Å². The predicted molar refractivity (Wildman–Crippen MR) is 226 cm³/mol. The third kappa shape index (κ3) is 6.42. The van der Waals surface area contributed by atoms with E-state index in [4.69, 9.17) is 0 Å². The zero-order valence-corrected chi connectivity index (χ0v) is 29.3. The fraction of sp³-hybridized carbons (Fsp3) is 0. The number of hydrogen-bond acceptors (Lipinski definition) is 1. The van der Waals surface area contributed by atoms with Crippen LogP contribution in [-0.4, -0.2) is 0 Å². The molecule has 0 aliphatic rings. The second kappa shape index (κ2) is 14.3. The van der Waals surface area contributed by atoms with E-state index in [1.54, 1.807) is 0 Å². The zero-order valence-electron chi connectivity index (χ0n) is 29.3. The molecular formula is C52H37N. The molecule has 0 aliphatic heterocycles. The van der Waals surface area contributed by atoms with Crippen LogP contribution in [0.3, 0.4) is 0 Å². The van der Waals surface area contributed by atoms with Gasteiger partial charge in [-0.1, -0.05) is 194 Å². The minimum Gasteiger partial charge on any atom is -0.309 e. The molecule has 0 radical (unpaired) electrons. The monoisotopic (exact) mass is 675 g/mol. The van der Waals surface area contributed by atoms with E-state index in [0.29, 0.717) is 0 Å². The summed E-state index contributed by atoms with van der Waals surface area (Å²) in [4.78, 5) is 2.45. The standard InChI is InChI=1S/C52H37N/c1-5-15-38(16-6-1)40-25-27-41(28-26-40)43-31-35-48(36-32-43)53(47-33-29-42(30-34-47)39-17-7-2-8-18-39)52-49-24-14-13-23-46(49)37-50(44-19-9-3-10-20-44)51(52)45-21-11-4-12-22-45/h1-37H. The van der Waals surface area contributed by atoms with Crippen LogP contribution in [0.2, 0.25) is 0 Å². The number of nitrogens with zero attached hydrogens (tertiary/aromatic N) is 1. The summed E-state index contributed by atoms with van der Waals surface area (Å²) >= 11 is 0. The second-order valence-electron chi connectivity index (χ2n) is 13.3. The van der Waals surface area contributed by atoms with Gasteiger partial charge >= 0.3 is 0 Å². The highest BCUT2D eigenvalue weighted by atomic mass is 15.1. The Morgan fingerprint density at radius 1 is 0.264 bits per heavy atom. The van der Waals surface area contributed by atoms with Crippen molar-refractivity contribution in [1.29, 1.82) is 0 Å².